The van der Waals surface area contributed by atoms with E-state index < -0.39 is 0 Å². The maximum Gasteiger partial charge on any atom is 0.242 e. The number of fused-ring (bicyclic) bond motifs is 1. The van der Waals surface area contributed by atoms with Gasteiger partial charge in [-0.25, -0.2) is 10.9 Å². The molecule has 2 aliphatic heterocycles. The Bertz CT molecular complexity index is 855. The van der Waals surface area contributed by atoms with Crippen molar-refractivity contribution in [3.05, 3.63) is 59.7 Å². The lowest BCUT2D eigenvalue weighted by molar-refractivity contribution is -0.130. The van der Waals surface area contributed by atoms with Gasteiger partial charge in [0.05, 0.1) is 18.7 Å². The lowest BCUT2D eigenvalue weighted by Crippen LogP contribution is -2.41. The molecule has 6 heteroatoms. The lowest BCUT2D eigenvalue weighted by Gasteiger charge is -2.31. The highest BCUT2D eigenvalue weighted by atomic mass is 16.5. The molecule has 2 aromatic carbocycles. The van der Waals surface area contributed by atoms with E-state index in [1.165, 1.54) is 0 Å². The third-order valence-corrected chi connectivity index (χ3v) is 5.84. The van der Waals surface area contributed by atoms with Crippen molar-refractivity contribution in [2.24, 2.45) is 5.92 Å². The maximum atomic E-state index is 13.2. The number of phenolic OH excluding ortho intramolecular Hbond substituents is 1. The van der Waals surface area contributed by atoms with E-state index in [1.54, 1.807) is 6.07 Å². The smallest absolute Gasteiger partial charge is 0.242 e. The number of benzene rings is 2. The Morgan fingerprint density at radius 3 is 2.41 bits per heavy atom. The summed E-state index contributed by atoms with van der Waals surface area (Å²) in [5, 5.41) is 10.4. The third kappa shape index (κ3) is 3.58. The highest BCUT2D eigenvalue weighted by Gasteiger charge is 2.55. The Labute approximate surface area is 171 Å². The molecule has 4 rings (SSSR count). The van der Waals surface area contributed by atoms with Gasteiger partial charge < -0.3 is 14.7 Å². The molecule has 2 aliphatic rings. The number of rotatable bonds is 7. The van der Waals surface area contributed by atoms with Gasteiger partial charge in [0.2, 0.25) is 5.91 Å². The molecule has 154 valence electrons. The molecular formula is C23H29N3O3. The zero-order chi connectivity index (χ0) is 20.4. The Balaban J connectivity index is 1.70. The molecule has 2 saturated heterocycles. The van der Waals surface area contributed by atoms with Crippen molar-refractivity contribution in [3.8, 4) is 11.5 Å². The summed E-state index contributed by atoms with van der Waals surface area (Å²) in [5.41, 5.74) is 8.36. The zero-order valence-corrected chi connectivity index (χ0v) is 17.0. The van der Waals surface area contributed by atoms with Crippen LogP contribution in [0.5, 0.6) is 11.5 Å². The normalized spacial score (nSPS) is 26.0. The molecule has 0 saturated carbocycles. The minimum absolute atomic E-state index is 0.0234. The number of amides is 1. The fraction of sp³-hybridized carbons (Fsp3) is 0.435. The van der Waals surface area contributed by atoms with Crippen molar-refractivity contribution in [3.63, 3.8) is 0 Å². The SMILES string of the molecule is CCCOc1ccc(C2C3C(NNC3c3ccccc3O)C(=O)N2CCC)cc1. The number of hydrogen-bond donors (Lipinski definition) is 3. The molecule has 0 aliphatic carbocycles. The van der Waals surface area contributed by atoms with E-state index in [1.807, 2.05) is 35.2 Å². The van der Waals surface area contributed by atoms with Crippen LogP contribution < -0.4 is 15.6 Å². The van der Waals surface area contributed by atoms with Gasteiger partial charge >= 0.3 is 0 Å². The van der Waals surface area contributed by atoms with Crippen molar-refractivity contribution < 1.29 is 14.6 Å². The van der Waals surface area contributed by atoms with E-state index in [9.17, 15) is 9.90 Å². The molecule has 4 unspecified atom stereocenters. The van der Waals surface area contributed by atoms with Crippen molar-refractivity contribution in [2.45, 2.75) is 44.8 Å². The van der Waals surface area contributed by atoms with Crippen LogP contribution in [-0.2, 0) is 4.79 Å². The molecule has 2 heterocycles. The Hall–Kier alpha value is -2.57. The lowest BCUT2D eigenvalue weighted by atomic mass is 9.83. The van der Waals surface area contributed by atoms with Crippen molar-refractivity contribution in [1.82, 2.24) is 15.8 Å². The van der Waals surface area contributed by atoms with Crippen molar-refractivity contribution in [1.29, 1.82) is 0 Å². The third-order valence-electron chi connectivity index (χ3n) is 5.84. The fourth-order valence-corrected chi connectivity index (χ4v) is 4.59. The van der Waals surface area contributed by atoms with Gasteiger partial charge in [0.25, 0.3) is 0 Å². The van der Waals surface area contributed by atoms with E-state index in [4.69, 9.17) is 4.74 Å². The molecule has 1 amide bonds. The summed E-state index contributed by atoms with van der Waals surface area (Å²) in [7, 11) is 0. The average molecular weight is 396 g/mol. The van der Waals surface area contributed by atoms with Crippen LogP contribution in [-0.4, -0.2) is 35.1 Å². The van der Waals surface area contributed by atoms with Crippen LogP contribution in [0.25, 0.3) is 0 Å². The van der Waals surface area contributed by atoms with Crippen LogP contribution >= 0.6 is 0 Å². The quantitative estimate of drug-likeness (QED) is 0.671. The molecule has 6 nitrogen and oxygen atoms in total. The number of phenols is 1. The predicted molar refractivity (Wildman–Crippen MR) is 111 cm³/mol. The van der Waals surface area contributed by atoms with Crippen molar-refractivity contribution >= 4 is 5.91 Å². The molecule has 0 aromatic heterocycles. The standard InChI is InChI=1S/C23H29N3O3/c1-3-13-26-22(15-9-11-16(12-10-15)29-14-4-2)19-20(24-25-21(19)23(26)28)17-7-5-6-8-18(17)27/h5-12,19-22,24-25,27H,3-4,13-14H2,1-2H3. The first-order chi connectivity index (χ1) is 14.2. The molecule has 2 aromatic rings. The second-order valence-electron chi connectivity index (χ2n) is 7.77. The fourth-order valence-electron chi connectivity index (χ4n) is 4.59. The maximum absolute atomic E-state index is 13.2. The minimum Gasteiger partial charge on any atom is -0.508 e. The largest absolute Gasteiger partial charge is 0.508 e. The Morgan fingerprint density at radius 1 is 1.00 bits per heavy atom. The molecule has 0 radical (unpaired) electrons. The number of aromatic hydroxyl groups is 1. The summed E-state index contributed by atoms with van der Waals surface area (Å²) in [4.78, 5) is 15.2. The number of ether oxygens (including phenoxy) is 1. The second-order valence-corrected chi connectivity index (χ2v) is 7.77. The number of hydrazine groups is 1. The Morgan fingerprint density at radius 2 is 1.72 bits per heavy atom. The van der Waals surface area contributed by atoms with Gasteiger partial charge in [-0.15, -0.1) is 0 Å². The van der Waals surface area contributed by atoms with Gasteiger partial charge in [-0.2, -0.15) is 0 Å². The first kappa shape index (κ1) is 19.7. The van der Waals surface area contributed by atoms with E-state index in [-0.39, 0.29) is 35.7 Å². The van der Waals surface area contributed by atoms with Crippen LogP contribution in [0.4, 0.5) is 0 Å². The molecular weight excluding hydrogens is 366 g/mol. The highest BCUT2D eigenvalue weighted by molar-refractivity contribution is 5.86. The summed E-state index contributed by atoms with van der Waals surface area (Å²) >= 11 is 0. The molecule has 0 bridgehead atoms. The van der Waals surface area contributed by atoms with E-state index in [0.717, 1.165) is 29.7 Å². The molecule has 0 spiro atoms. The molecule has 29 heavy (non-hydrogen) atoms. The number of para-hydroxylation sites is 1. The molecule has 3 N–H and O–H groups in total. The summed E-state index contributed by atoms with van der Waals surface area (Å²) in [6.07, 6.45) is 1.86. The van der Waals surface area contributed by atoms with Gasteiger partial charge in [-0.3, -0.25) is 4.79 Å². The first-order valence-electron chi connectivity index (χ1n) is 10.5. The second kappa shape index (κ2) is 8.43. The van der Waals surface area contributed by atoms with E-state index in [2.05, 4.69) is 36.8 Å². The number of likely N-dealkylation sites (tertiary alicyclic amines) is 1. The molecule has 4 atom stereocenters. The van der Waals surface area contributed by atoms with Crippen molar-refractivity contribution in [2.75, 3.05) is 13.2 Å². The predicted octanol–water partition coefficient (Wildman–Crippen LogP) is 3.31. The van der Waals surface area contributed by atoms with Crippen LogP contribution in [0.3, 0.4) is 0 Å². The summed E-state index contributed by atoms with van der Waals surface area (Å²) in [5.74, 6) is 1.18. The number of carbonyl (C=O) groups is 1. The summed E-state index contributed by atoms with van der Waals surface area (Å²) < 4.78 is 5.72. The zero-order valence-electron chi connectivity index (χ0n) is 17.0. The summed E-state index contributed by atoms with van der Waals surface area (Å²) in [6, 6.07) is 14.9. The summed E-state index contributed by atoms with van der Waals surface area (Å²) in [6.45, 7) is 5.57. The van der Waals surface area contributed by atoms with Gasteiger partial charge in [-0.05, 0) is 36.6 Å². The van der Waals surface area contributed by atoms with Crippen LogP contribution in [0, 0.1) is 5.92 Å². The minimum atomic E-state index is -0.313. The first-order valence-corrected chi connectivity index (χ1v) is 10.5. The monoisotopic (exact) mass is 395 g/mol. The van der Waals surface area contributed by atoms with Gasteiger partial charge in [-0.1, -0.05) is 44.2 Å². The van der Waals surface area contributed by atoms with Gasteiger partial charge in [0.15, 0.2) is 0 Å². The number of nitrogens with one attached hydrogen (secondary N) is 2. The topological polar surface area (TPSA) is 73.8 Å². The van der Waals surface area contributed by atoms with E-state index >= 15 is 0 Å². The number of carbonyl (C=O) groups excluding carboxylic acids is 1. The van der Waals surface area contributed by atoms with Crippen LogP contribution in [0.1, 0.15) is 49.9 Å². The van der Waals surface area contributed by atoms with Gasteiger partial charge in [0.1, 0.15) is 17.5 Å². The Kier molecular flexibility index (Phi) is 5.74. The number of hydrogen-bond acceptors (Lipinski definition) is 5. The van der Waals surface area contributed by atoms with E-state index in [0.29, 0.717) is 13.2 Å². The van der Waals surface area contributed by atoms with Crippen LogP contribution in [0.15, 0.2) is 48.5 Å². The highest BCUT2D eigenvalue weighted by Crippen LogP contribution is 2.48. The molecule has 2 fully saturated rings. The van der Waals surface area contributed by atoms with Gasteiger partial charge in [0, 0.05) is 18.0 Å². The average Bonchev–Trinajstić information content (AvgIpc) is 3.27. The van der Waals surface area contributed by atoms with Crippen LogP contribution in [0.2, 0.25) is 0 Å². The number of nitrogens with zero attached hydrogens (tertiary/aromatic N) is 1.